The second-order valence-corrected chi connectivity index (χ2v) is 6.75. The number of hydrogen-bond donors (Lipinski definition) is 1. The van der Waals surface area contributed by atoms with Gasteiger partial charge in [0.15, 0.2) is 16.6 Å². The molecule has 1 heterocycles. The predicted molar refractivity (Wildman–Crippen MR) is 99.4 cm³/mol. The lowest BCUT2D eigenvalue weighted by molar-refractivity contribution is 0.102. The van der Waals surface area contributed by atoms with Gasteiger partial charge in [-0.25, -0.2) is 4.98 Å². The molecule has 1 N–H and O–H groups in total. The van der Waals surface area contributed by atoms with Gasteiger partial charge in [0, 0.05) is 5.56 Å². The van der Waals surface area contributed by atoms with Crippen LogP contribution in [0, 0.1) is 0 Å². The smallest absolute Gasteiger partial charge is 0.257 e. The molecule has 0 atom stereocenters. The number of para-hydroxylation sites is 1. The first kappa shape index (κ1) is 16.7. The Kier molecular flexibility index (Phi) is 5.01. The molecule has 2 aromatic carbocycles. The number of hydrogen-bond acceptors (Lipinski definition) is 5. The lowest BCUT2D eigenvalue weighted by atomic mass is 10.2. The minimum absolute atomic E-state index is 0.254. The summed E-state index contributed by atoms with van der Waals surface area (Å²) in [6.07, 6.45) is 0. The number of ether oxygens (including phenoxy) is 2. The number of aromatic nitrogens is 1. The van der Waals surface area contributed by atoms with Gasteiger partial charge in [-0.3, -0.25) is 10.1 Å². The van der Waals surface area contributed by atoms with Crippen molar-refractivity contribution >= 4 is 48.5 Å². The van der Waals surface area contributed by atoms with Crippen LogP contribution in [0.1, 0.15) is 17.3 Å². The van der Waals surface area contributed by atoms with Gasteiger partial charge >= 0.3 is 0 Å². The van der Waals surface area contributed by atoms with Crippen molar-refractivity contribution in [2.75, 3.05) is 19.0 Å². The predicted octanol–water partition coefficient (Wildman–Crippen LogP) is 4.72. The van der Waals surface area contributed by atoms with Gasteiger partial charge < -0.3 is 9.47 Å². The molecule has 0 radical (unpaired) electrons. The normalized spacial score (nSPS) is 10.6. The molecule has 0 saturated carbocycles. The Hall–Kier alpha value is -2.12. The van der Waals surface area contributed by atoms with Crippen LogP contribution >= 0.6 is 27.3 Å². The van der Waals surface area contributed by atoms with Crippen molar-refractivity contribution in [1.82, 2.24) is 4.98 Å². The summed E-state index contributed by atoms with van der Waals surface area (Å²) in [5, 5.41) is 3.39. The van der Waals surface area contributed by atoms with Crippen molar-refractivity contribution in [2.45, 2.75) is 6.92 Å². The summed E-state index contributed by atoms with van der Waals surface area (Å²) in [5.74, 6) is 0.827. The summed E-state index contributed by atoms with van der Waals surface area (Å²) in [6, 6.07) is 11.1. The molecule has 1 aromatic heterocycles. The minimum Gasteiger partial charge on any atom is -0.493 e. The molecule has 0 bridgehead atoms. The fourth-order valence-corrected chi connectivity index (χ4v) is 3.65. The highest BCUT2D eigenvalue weighted by atomic mass is 79.9. The first-order chi connectivity index (χ1) is 11.6. The number of carbonyl (C=O) groups excluding carboxylic acids is 1. The van der Waals surface area contributed by atoms with Crippen LogP contribution < -0.4 is 14.8 Å². The maximum absolute atomic E-state index is 12.5. The zero-order chi connectivity index (χ0) is 17.1. The van der Waals surface area contributed by atoms with Crippen LogP contribution in [0.2, 0.25) is 0 Å². The Labute approximate surface area is 151 Å². The van der Waals surface area contributed by atoms with Crippen LogP contribution in [0.5, 0.6) is 11.5 Å². The SMILES string of the molecule is CCOc1c(Br)cc(C(=O)Nc2nc3ccccc3s2)cc1OC. The quantitative estimate of drug-likeness (QED) is 0.665. The van der Waals surface area contributed by atoms with Crippen LogP contribution in [-0.2, 0) is 0 Å². The van der Waals surface area contributed by atoms with Crippen LogP contribution in [0.25, 0.3) is 10.2 Å². The van der Waals surface area contributed by atoms with Crippen molar-refractivity contribution < 1.29 is 14.3 Å². The van der Waals surface area contributed by atoms with E-state index >= 15 is 0 Å². The Morgan fingerprint density at radius 1 is 1.33 bits per heavy atom. The van der Waals surface area contributed by atoms with E-state index in [0.29, 0.717) is 33.3 Å². The largest absolute Gasteiger partial charge is 0.493 e. The van der Waals surface area contributed by atoms with Gasteiger partial charge in [-0.15, -0.1) is 0 Å². The molecule has 124 valence electrons. The summed E-state index contributed by atoms with van der Waals surface area (Å²) in [4.78, 5) is 16.9. The highest BCUT2D eigenvalue weighted by molar-refractivity contribution is 9.10. The molecule has 0 aliphatic rings. The molecule has 3 aromatic rings. The number of nitrogens with one attached hydrogen (secondary N) is 1. The number of fused-ring (bicyclic) bond motifs is 1. The van der Waals surface area contributed by atoms with Gasteiger partial charge in [-0.2, -0.15) is 0 Å². The van der Waals surface area contributed by atoms with Crippen LogP contribution in [-0.4, -0.2) is 24.6 Å². The fourth-order valence-electron chi connectivity index (χ4n) is 2.23. The number of anilines is 1. The first-order valence-electron chi connectivity index (χ1n) is 7.29. The zero-order valence-electron chi connectivity index (χ0n) is 13.1. The van der Waals surface area contributed by atoms with Crippen molar-refractivity contribution in [3.63, 3.8) is 0 Å². The molecule has 24 heavy (non-hydrogen) atoms. The highest BCUT2D eigenvalue weighted by Crippen LogP contribution is 2.37. The van der Waals surface area contributed by atoms with E-state index in [1.54, 1.807) is 19.2 Å². The second-order valence-electron chi connectivity index (χ2n) is 4.86. The standard InChI is InChI=1S/C17H15BrN2O3S/c1-3-23-15-11(18)8-10(9-13(15)22-2)16(21)20-17-19-12-6-4-5-7-14(12)24-17/h4-9H,3H2,1-2H3,(H,19,20,21). The van der Waals surface area contributed by atoms with Gasteiger partial charge in [-0.1, -0.05) is 23.5 Å². The molecule has 1 amide bonds. The maximum atomic E-state index is 12.5. The van der Waals surface area contributed by atoms with Crippen LogP contribution in [0.15, 0.2) is 40.9 Å². The Morgan fingerprint density at radius 3 is 2.83 bits per heavy atom. The summed E-state index contributed by atoms with van der Waals surface area (Å²) in [7, 11) is 1.54. The third kappa shape index (κ3) is 3.37. The zero-order valence-corrected chi connectivity index (χ0v) is 15.5. The molecule has 0 fully saturated rings. The van der Waals surface area contributed by atoms with Crippen LogP contribution in [0.4, 0.5) is 5.13 Å². The van der Waals surface area contributed by atoms with Crippen molar-refractivity contribution in [3.8, 4) is 11.5 Å². The summed E-state index contributed by atoms with van der Waals surface area (Å²) < 4.78 is 12.5. The second kappa shape index (κ2) is 7.19. The Balaban J connectivity index is 1.87. The number of rotatable bonds is 5. The number of methoxy groups -OCH3 is 1. The number of nitrogens with zero attached hydrogens (tertiary/aromatic N) is 1. The van der Waals surface area contributed by atoms with E-state index < -0.39 is 0 Å². The number of halogens is 1. The molecule has 3 rings (SSSR count). The molecule has 7 heteroatoms. The van der Waals surface area contributed by atoms with E-state index in [-0.39, 0.29) is 5.91 Å². The van der Waals surface area contributed by atoms with Gasteiger partial charge in [-0.05, 0) is 47.1 Å². The van der Waals surface area contributed by atoms with Crippen LogP contribution in [0.3, 0.4) is 0 Å². The topological polar surface area (TPSA) is 60.5 Å². The van der Waals surface area contributed by atoms with Crippen molar-refractivity contribution in [3.05, 3.63) is 46.4 Å². The van der Waals surface area contributed by atoms with E-state index in [1.165, 1.54) is 11.3 Å². The first-order valence-corrected chi connectivity index (χ1v) is 8.90. The minimum atomic E-state index is -0.254. The number of thiazole rings is 1. The fraction of sp³-hybridized carbons (Fsp3) is 0.176. The molecule has 0 aliphatic heterocycles. The van der Waals surface area contributed by atoms with Gasteiger partial charge in [0.2, 0.25) is 0 Å². The Bertz CT molecular complexity index is 862. The molecule has 5 nitrogen and oxygen atoms in total. The molecular formula is C17H15BrN2O3S. The number of carbonyl (C=O) groups is 1. The van der Waals surface area contributed by atoms with Gasteiger partial charge in [0.1, 0.15) is 0 Å². The summed E-state index contributed by atoms with van der Waals surface area (Å²) in [5.41, 5.74) is 1.32. The average Bonchev–Trinajstić information content (AvgIpc) is 2.98. The van der Waals surface area contributed by atoms with E-state index in [9.17, 15) is 4.79 Å². The molecule has 0 aliphatic carbocycles. The van der Waals surface area contributed by atoms with Crippen molar-refractivity contribution in [1.29, 1.82) is 0 Å². The molecule has 0 spiro atoms. The van der Waals surface area contributed by atoms with E-state index in [0.717, 1.165) is 10.2 Å². The number of amides is 1. The lowest BCUT2D eigenvalue weighted by Crippen LogP contribution is -2.12. The Morgan fingerprint density at radius 2 is 2.12 bits per heavy atom. The van der Waals surface area contributed by atoms with Gasteiger partial charge in [0.25, 0.3) is 5.91 Å². The summed E-state index contributed by atoms with van der Waals surface area (Å²) in [6.45, 7) is 2.39. The molecule has 0 saturated heterocycles. The monoisotopic (exact) mass is 406 g/mol. The van der Waals surface area contributed by atoms with E-state index in [4.69, 9.17) is 9.47 Å². The third-order valence-electron chi connectivity index (χ3n) is 3.29. The van der Waals surface area contributed by atoms with Crippen molar-refractivity contribution in [2.24, 2.45) is 0 Å². The number of benzene rings is 2. The maximum Gasteiger partial charge on any atom is 0.257 e. The van der Waals surface area contributed by atoms with Gasteiger partial charge in [0.05, 0.1) is 28.4 Å². The highest BCUT2D eigenvalue weighted by Gasteiger charge is 2.16. The van der Waals surface area contributed by atoms with E-state index in [1.807, 2.05) is 31.2 Å². The average molecular weight is 407 g/mol. The molecule has 0 unspecified atom stereocenters. The van der Waals surface area contributed by atoms with E-state index in [2.05, 4.69) is 26.2 Å². The third-order valence-corrected chi connectivity index (χ3v) is 4.84. The summed E-state index contributed by atoms with van der Waals surface area (Å²) >= 11 is 4.86. The molecular weight excluding hydrogens is 392 g/mol. The lowest BCUT2D eigenvalue weighted by Gasteiger charge is -2.13.